The Morgan fingerprint density at radius 2 is 1.90 bits per heavy atom. The Kier molecular flexibility index (Phi) is 5.53. The predicted octanol–water partition coefficient (Wildman–Crippen LogP) is 4.43. The van der Waals surface area contributed by atoms with E-state index >= 15 is 0 Å². The van der Waals surface area contributed by atoms with E-state index in [1.165, 1.54) is 23.4 Å². The normalized spacial score (nSPS) is 14.7. The molecule has 0 atom stereocenters. The van der Waals surface area contributed by atoms with Gasteiger partial charge in [0.1, 0.15) is 5.76 Å². The van der Waals surface area contributed by atoms with Gasteiger partial charge >= 0.3 is 0 Å². The van der Waals surface area contributed by atoms with Crippen molar-refractivity contribution >= 4 is 29.3 Å². The van der Waals surface area contributed by atoms with Gasteiger partial charge in [0.25, 0.3) is 5.91 Å². The van der Waals surface area contributed by atoms with Crippen LogP contribution in [0.4, 0.5) is 5.69 Å². The minimum atomic E-state index is -0.327. The molecule has 6 heteroatoms. The molecule has 1 N–H and O–H groups in total. The van der Waals surface area contributed by atoms with Crippen LogP contribution < -0.4 is 10.2 Å². The molecule has 0 radical (unpaired) electrons. The summed E-state index contributed by atoms with van der Waals surface area (Å²) in [6.07, 6.45) is 2.92. The number of furan rings is 1. The van der Waals surface area contributed by atoms with Crippen molar-refractivity contribution in [2.75, 3.05) is 4.90 Å². The molecule has 0 bridgehead atoms. The third-order valence-corrected chi connectivity index (χ3v) is 5.65. The maximum absolute atomic E-state index is 13.2. The first-order chi connectivity index (χ1) is 14.1. The van der Waals surface area contributed by atoms with E-state index < -0.39 is 0 Å². The number of rotatable bonds is 5. The zero-order chi connectivity index (χ0) is 20.2. The Morgan fingerprint density at radius 1 is 1.10 bits per heavy atom. The standard InChI is InChI=1S/C23H20N2O3S/c1-16-8-10-17(11-9-16)15-25-19-6-2-3-7-20(19)29-21(23(25)27)13-22(26)24-14-18-5-4-12-28-18/h2-13H,14-15H2,1H3,(H,24,26). The first kappa shape index (κ1) is 19.1. The minimum absolute atomic E-state index is 0.178. The molecule has 2 heterocycles. The van der Waals surface area contributed by atoms with Crippen LogP contribution in [0.25, 0.3) is 0 Å². The average Bonchev–Trinajstić information content (AvgIpc) is 3.25. The summed E-state index contributed by atoms with van der Waals surface area (Å²) in [5, 5.41) is 2.75. The first-order valence-corrected chi connectivity index (χ1v) is 10.1. The number of nitrogens with one attached hydrogen (secondary N) is 1. The van der Waals surface area contributed by atoms with E-state index in [-0.39, 0.29) is 18.4 Å². The number of hydrogen-bond donors (Lipinski definition) is 1. The second-order valence-electron chi connectivity index (χ2n) is 6.75. The van der Waals surface area contributed by atoms with E-state index in [2.05, 4.69) is 5.32 Å². The highest BCUT2D eigenvalue weighted by Crippen LogP contribution is 2.41. The van der Waals surface area contributed by atoms with Crippen LogP contribution in [0.15, 0.2) is 87.2 Å². The zero-order valence-electron chi connectivity index (χ0n) is 15.9. The molecule has 146 valence electrons. The lowest BCUT2D eigenvalue weighted by Crippen LogP contribution is -2.34. The monoisotopic (exact) mass is 404 g/mol. The Hall–Kier alpha value is -3.25. The number of hydrogen-bond acceptors (Lipinski definition) is 4. The molecule has 29 heavy (non-hydrogen) atoms. The van der Waals surface area contributed by atoms with E-state index in [9.17, 15) is 9.59 Å². The molecular weight excluding hydrogens is 384 g/mol. The average molecular weight is 404 g/mol. The lowest BCUT2D eigenvalue weighted by atomic mass is 10.1. The van der Waals surface area contributed by atoms with Crippen molar-refractivity contribution in [2.45, 2.75) is 24.9 Å². The molecule has 5 nitrogen and oxygen atoms in total. The summed E-state index contributed by atoms with van der Waals surface area (Å²) in [6.45, 7) is 2.75. The van der Waals surface area contributed by atoms with Crippen molar-refractivity contribution in [3.05, 3.63) is 94.8 Å². The number of nitrogens with zero attached hydrogens (tertiary/aromatic N) is 1. The van der Waals surface area contributed by atoms with Gasteiger partial charge in [0.05, 0.1) is 29.9 Å². The van der Waals surface area contributed by atoms with Crippen molar-refractivity contribution in [1.82, 2.24) is 5.32 Å². The summed E-state index contributed by atoms with van der Waals surface area (Å²) in [6, 6.07) is 19.4. The van der Waals surface area contributed by atoms with Crippen LogP contribution in [0.1, 0.15) is 16.9 Å². The number of amides is 2. The molecule has 1 aliphatic heterocycles. The van der Waals surface area contributed by atoms with Crippen molar-refractivity contribution in [3.63, 3.8) is 0 Å². The fourth-order valence-electron chi connectivity index (χ4n) is 3.05. The lowest BCUT2D eigenvalue weighted by molar-refractivity contribution is -0.118. The van der Waals surface area contributed by atoms with E-state index in [0.29, 0.717) is 17.2 Å². The number of anilines is 1. The number of fused-ring (bicyclic) bond motifs is 1. The number of carbonyl (C=O) groups excluding carboxylic acids is 2. The summed E-state index contributed by atoms with van der Waals surface area (Å²) in [5.74, 6) is 0.153. The molecule has 0 aliphatic carbocycles. The summed E-state index contributed by atoms with van der Waals surface area (Å²) in [7, 11) is 0. The molecule has 1 aromatic heterocycles. The van der Waals surface area contributed by atoms with Gasteiger partial charge < -0.3 is 14.6 Å². The second kappa shape index (κ2) is 8.41. The van der Waals surface area contributed by atoms with Crippen molar-refractivity contribution in [3.8, 4) is 0 Å². The Morgan fingerprint density at radius 3 is 2.66 bits per heavy atom. The fraction of sp³-hybridized carbons (Fsp3) is 0.130. The van der Waals surface area contributed by atoms with Crippen LogP contribution >= 0.6 is 11.8 Å². The summed E-state index contributed by atoms with van der Waals surface area (Å²) in [4.78, 5) is 28.6. The van der Waals surface area contributed by atoms with Crippen molar-refractivity contribution < 1.29 is 14.0 Å². The van der Waals surface area contributed by atoms with Crippen LogP contribution in [0.3, 0.4) is 0 Å². The van der Waals surface area contributed by atoms with Gasteiger partial charge in [0.2, 0.25) is 5.91 Å². The highest BCUT2D eigenvalue weighted by atomic mass is 32.2. The van der Waals surface area contributed by atoms with Crippen LogP contribution in [-0.4, -0.2) is 11.8 Å². The molecule has 0 spiro atoms. The quantitative estimate of drug-likeness (QED) is 0.639. The molecule has 1 aliphatic rings. The fourth-order valence-corrected chi connectivity index (χ4v) is 4.08. The molecule has 0 saturated heterocycles. The first-order valence-electron chi connectivity index (χ1n) is 9.26. The number of para-hydroxylation sites is 1. The van der Waals surface area contributed by atoms with Gasteiger partial charge in [-0.2, -0.15) is 0 Å². The SMILES string of the molecule is Cc1ccc(CN2C(=O)C(=CC(=O)NCc3ccco3)Sc3ccccc32)cc1. The van der Waals surface area contributed by atoms with Gasteiger partial charge in [0.15, 0.2) is 0 Å². The summed E-state index contributed by atoms with van der Waals surface area (Å²) >= 11 is 1.32. The van der Waals surface area contributed by atoms with E-state index in [0.717, 1.165) is 16.1 Å². The third kappa shape index (κ3) is 4.43. The minimum Gasteiger partial charge on any atom is -0.467 e. The Balaban J connectivity index is 1.57. The molecule has 0 fully saturated rings. The largest absolute Gasteiger partial charge is 0.467 e. The number of thioether (sulfide) groups is 1. The highest BCUT2D eigenvalue weighted by molar-refractivity contribution is 8.04. The van der Waals surface area contributed by atoms with Gasteiger partial charge in [-0.3, -0.25) is 9.59 Å². The van der Waals surface area contributed by atoms with Gasteiger partial charge in [-0.25, -0.2) is 0 Å². The second-order valence-corrected chi connectivity index (χ2v) is 7.84. The number of carbonyl (C=O) groups is 2. The number of benzene rings is 2. The summed E-state index contributed by atoms with van der Waals surface area (Å²) in [5.41, 5.74) is 3.06. The zero-order valence-corrected chi connectivity index (χ0v) is 16.7. The van der Waals surface area contributed by atoms with Crippen LogP contribution in [0.2, 0.25) is 0 Å². The van der Waals surface area contributed by atoms with E-state index in [1.54, 1.807) is 23.3 Å². The maximum Gasteiger partial charge on any atom is 0.265 e. The summed E-state index contributed by atoms with van der Waals surface area (Å²) < 4.78 is 5.22. The maximum atomic E-state index is 13.2. The smallest absolute Gasteiger partial charge is 0.265 e. The van der Waals surface area contributed by atoms with Gasteiger partial charge in [-0.05, 0) is 36.8 Å². The van der Waals surface area contributed by atoms with Crippen LogP contribution in [-0.2, 0) is 22.7 Å². The van der Waals surface area contributed by atoms with E-state index in [1.807, 2.05) is 55.5 Å². The predicted molar refractivity (Wildman–Crippen MR) is 113 cm³/mol. The molecule has 0 unspecified atom stereocenters. The third-order valence-electron chi connectivity index (χ3n) is 4.57. The topological polar surface area (TPSA) is 62.6 Å². The van der Waals surface area contributed by atoms with Crippen molar-refractivity contribution in [1.29, 1.82) is 0 Å². The Labute approximate surface area is 173 Å². The molecule has 2 amide bonds. The van der Waals surface area contributed by atoms with Crippen LogP contribution in [0, 0.1) is 6.92 Å². The van der Waals surface area contributed by atoms with Crippen molar-refractivity contribution in [2.24, 2.45) is 0 Å². The highest BCUT2D eigenvalue weighted by Gasteiger charge is 2.29. The molecular formula is C23H20N2O3S. The van der Waals surface area contributed by atoms with Gasteiger partial charge in [-0.1, -0.05) is 53.7 Å². The lowest BCUT2D eigenvalue weighted by Gasteiger charge is -2.30. The molecule has 2 aromatic carbocycles. The van der Waals surface area contributed by atoms with Gasteiger partial charge in [0, 0.05) is 11.0 Å². The van der Waals surface area contributed by atoms with E-state index in [4.69, 9.17) is 4.42 Å². The van der Waals surface area contributed by atoms with Crippen LogP contribution in [0.5, 0.6) is 0 Å². The Bertz CT molecular complexity index is 1060. The van der Waals surface area contributed by atoms with Gasteiger partial charge in [-0.15, -0.1) is 0 Å². The molecule has 3 aromatic rings. The molecule has 4 rings (SSSR count). The molecule has 0 saturated carbocycles. The number of aryl methyl sites for hydroxylation is 1.